The van der Waals surface area contributed by atoms with Crippen molar-refractivity contribution in [2.45, 2.75) is 39.2 Å². The summed E-state index contributed by atoms with van der Waals surface area (Å²) < 4.78 is 0. The van der Waals surface area contributed by atoms with E-state index in [1.54, 1.807) is 0 Å². The van der Waals surface area contributed by atoms with E-state index in [0.29, 0.717) is 5.92 Å². The zero-order valence-electron chi connectivity index (χ0n) is 18.5. The van der Waals surface area contributed by atoms with Crippen molar-refractivity contribution in [3.63, 3.8) is 0 Å². The maximum Gasteiger partial charge on any atom is 0.186 e. The highest BCUT2D eigenvalue weighted by Crippen LogP contribution is 2.29. The molecule has 1 atom stereocenters. The van der Waals surface area contributed by atoms with Crippen molar-refractivity contribution in [2.75, 3.05) is 6.54 Å². The molecule has 0 aliphatic rings. The highest BCUT2D eigenvalue weighted by Gasteiger charge is 2.24. The molecule has 0 saturated carbocycles. The molecule has 3 nitrogen and oxygen atoms in total. The van der Waals surface area contributed by atoms with Crippen LogP contribution in [0.25, 0.3) is 10.9 Å². The van der Waals surface area contributed by atoms with Crippen LogP contribution in [0, 0.1) is 6.92 Å². The molecule has 0 unspecified atom stereocenters. The fourth-order valence-corrected chi connectivity index (χ4v) is 4.14. The van der Waals surface area contributed by atoms with Crippen molar-refractivity contribution in [1.29, 1.82) is 0 Å². The van der Waals surface area contributed by atoms with Crippen LogP contribution in [0.3, 0.4) is 0 Å². The molecule has 2 N–H and O–H groups in total. The molecular weight excluding hydrogens is 380 g/mol. The second kappa shape index (κ2) is 9.32. The molecule has 0 aliphatic carbocycles. The molecule has 0 fully saturated rings. The Balaban J connectivity index is 1.61. The van der Waals surface area contributed by atoms with E-state index in [1.807, 2.05) is 48.7 Å². The second-order valence-electron chi connectivity index (χ2n) is 8.52. The Bertz CT molecular complexity index is 1160. The number of hydrogen-bond donors (Lipinski definition) is 2. The highest BCUT2D eigenvalue weighted by atomic mass is 16.1. The molecule has 0 amide bonds. The number of H-pyrrole nitrogens is 1. The van der Waals surface area contributed by atoms with Gasteiger partial charge in [0.1, 0.15) is 0 Å². The van der Waals surface area contributed by atoms with Gasteiger partial charge in [-0.1, -0.05) is 92.2 Å². The van der Waals surface area contributed by atoms with Gasteiger partial charge in [0.15, 0.2) is 5.78 Å². The maximum absolute atomic E-state index is 13.7. The van der Waals surface area contributed by atoms with Gasteiger partial charge in [-0.2, -0.15) is 0 Å². The molecule has 0 radical (unpaired) electrons. The minimum absolute atomic E-state index is 0.0993. The van der Waals surface area contributed by atoms with Crippen molar-refractivity contribution >= 4 is 16.7 Å². The molecule has 158 valence electrons. The predicted octanol–water partition coefficient (Wildman–Crippen LogP) is 6.36. The van der Waals surface area contributed by atoms with Crippen molar-refractivity contribution in [2.24, 2.45) is 0 Å². The summed E-state index contributed by atoms with van der Waals surface area (Å²) in [5, 5.41) is 4.52. The molecule has 3 aromatic carbocycles. The summed E-state index contributed by atoms with van der Waals surface area (Å²) in [7, 11) is 0. The number of carbonyl (C=O) groups excluding carboxylic acids is 1. The number of aryl methyl sites for hydroxylation is 1. The fraction of sp³-hybridized carbons (Fsp3) is 0.250. The van der Waals surface area contributed by atoms with Gasteiger partial charge in [0, 0.05) is 29.2 Å². The second-order valence-corrected chi connectivity index (χ2v) is 8.52. The first kappa shape index (κ1) is 21.1. The van der Waals surface area contributed by atoms with Crippen LogP contribution in [0.2, 0.25) is 0 Å². The van der Waals surface area contributed by atoms with E-state index < -0.39 is 0 Å². The van der Waals surface area contributed by atoms with Crippen LogP contribution in [0.15, 0.2) is 79.0 Å². The quantitative estimate of drug-likeness (QED) is 0.332. The lowest BCUT2D eigenvalue weighted by Gasteiger charge is -2.18. The average molecular weight is 411 g/mol. The zero-order valence-corrected chi connectivity index (χ0v) is 18.5. The first-order valence-electron chi connectivity index (χ1n) is 11.0. The summed E-state index contributed by atoms with van der Waals surface area (Å²) in [6.45, 7) is 7.18. The average Bonchev–Trinajstić information content (AvgIpc) is 3.22. The molecule has 0 spiro atoms. The number of benzene rings is 3. The van der Waals surface area contributed by atoms with Gasteiger partial charge >= 0.3 is 0 Å². The van der Waals surface area contributed by atoms with Crippen molar-refractivity contribution < 1.29 is 4.79 Å². The number of para-hydroxylation sites is 1. The first-order chi connectivity index (χ1) is 15.0. The zero-order chi connectivity index (χ0) is 21.8. The molecule has 1 aromatic heterocycles. The lowest BCUT2D eigenvalue weighted by molar-refractivity contribution is 0.0945. The molecule has 0 aliphatic heterocycles. The van der Waals surface area contributed by atoms with E-state index in [9.17, 15) is 4.79 Å². The topological polar surface area (TPSA) is 44.9 Å². The number of ketones is 1. The third-order valence-corrected chi connectivity index (χ3v) is 5.91. The molecule has 0 bridgehead atoms. The number of Topliss-reactive ketones (excluding diaryl/α,β-unsaturated/α-hetero) is 1. The van der Waals surface area contributed by atoms with Gasteiger partial charge in [0.2, 0.25) is 0 Å². The highest BCUT2D eigenvalue weighted by molar-refractivity contribution is 6.11. The third kappa shape index (κ3) is 4.62. The molecular formula is C28H30N2O. The van der Waals surface area contributed by atoms with Crippen LogP contribution < -0.4 is 5.32 Å². The number of fused-ring (bicyclic) bond motifs is 1. The van der Waals surface area contributed by atoms with Gasteiger partial charge in [-0.15, -0.1) is 0 Å². The largest absolute Gasteiger partial charge is 0.360 e. The Morgan fingerprint density at radius 1 is 0.935 bits per heavy atom. The number of aromatic amines is 1. The van der Waals surface area contributed by atoms with Crippen molar-refractivity contribution in [3.8, 4) is 0 Å². The molecule has 3 heteroatoms. The van der Waals surface area contributed by atoms with Gasteiger partial charge in [-0.3, -0.25) is 4.79 Å². The normalized spacial score (nSPS) is 12.4. The van der Waals surface area contributed by atoms with Crippen LogP contribution in [0.1, 0.15) is 58.4 Å². The van der Waals surface area contributed by atoms with E-state index in [4.69, 9.17) is 0 Å². The number of carbonyl (C=O) groups is 1. The van der Waals surface area contributed by atoms with Gasteiger partial charge in [0.25, 0.3) is 0 Å². The summed E-state index contributed by atoms with van der Waals surface area (Å²) in [5.41, 5.74) is 6.56. The molecule has 0 saturated heterocycles. The van der Waals surface area contributed by atoms with Gasteiger partial charge in [-0.05, 0) is 36.0 Å². The van der Waals surface area contributed by atoms with Gasteiger partial charge in [0.05, 0.1) is 6.04 Å². The Labute approximate surface area is 184 Å². The van der Waals surface area contributed by atoms with E-state index >= 15 is 0 Å². The summed E-state index contributed by atoms with van der Waals surface area (Å²) in [6, 6.07) is 24.4. The SMILES string of the molecule is Cc1ccc(CCN[C@@H](C(=O)c2c[nH]c3c(C(C)C)cccc23)c2ccccc2)cc1. The predicted molar refractivity (Wildman–Crippen MR) is 129 cm³/mol. The summed E-state index contributed by atoms with van der Waals surface area (Å²) in [6.07, 6.45) is 2.75. The first-order valence-corrected chi connectivity index (χ1v) is 11.0. The minimum atomic E-state index is -0.381. The molecule has 4 rings (SSSR count). The summed E-state index contributed by atoms with van der Waals surface area (Å²) in [5.74, 6) is 0.491. The Kier molecular flexibility index (Phi) is 6.34. The van der Waals surface area contributed by atoms with E-state index in [0.717, 1.165) is 35.0 Å². The lowest BCUT2D eigenvalue weighted by Crippen LogP contribution is -2.30. The van der Waals surface area contributed by atoms with Crippen LogP contribution in [0.5, 0.6) is 0 Å². The Morgan fingerprint density at radius 3 is 2.39 bits per heavy atom. The van der Waals surface area contributed by atoms with Crippen LogP contribution >= 0.6 is 0 Å². The van der Waals surface area contributed by atoms with E-state index in [1.165, 1.54) is 16.7 Å². The summed E-state index contributed by atoms with van der Waals surface area (Å²) in [4.78, 5) is 17.1. The number of aromatic nitrogens is 1. The van der Waals surface area contributed by atoms with E-state index in [-0.39, 0.29) is 11.8 Å². The smallest absolute Gasteiger partial charge is 0.186 e. The summed E-state index contributed by atoms with van der Waals surface area (Å²) >= 11 is 0. The van der Waals surface area contributed by atoms with Crippen LogP contribution in [-0.4, -0.2) is 17.3 Å². The van der Waals surface area contributed by atoms with Gasteiger partial charge < -0.3 is 10.3 Å². The van der Waals surface area contributed by atoms with Crippen LogP contribution in [-0.2, 0) is 6.42 Å². The maximum atomic E-state index is 13.7. The monoisotopic (exact) mass is 410 g/mol. The Morgan fingerprint density at radius 2 is 1.68 bits per heavy atom. The number of nitrogens with one attached hydrogen (secondary N) is 2. The third-order valence-electron chi connectivity index (χ3n) is 5.91. The fourth-order valence-electron chi connectivity index (χ4n) is 4.14. The van der Waals surface area contributed by atoms with Crippen LogP contribution in [0.4, 0.5) is 0 Å². The number of hydrogen-bond acceptors (Lipinski definition) is 2. The Hall–Kier alpha value is -3.17. The standard InChI is InChI=1S/C28H30N2O/c1-19(2)23-10-7-11-24-25(18-30-27(23)24)28(31)26(22-8-5-4-6-9-22)29-17-16-21-14-12-20(3)13-15-21/h4-15,18-19,26,29-30H,16-17H2,1-3H3/t26-/m1/s1. The van der Waals surface area contributed by atoms with Crippen molar-refractivity contribution in [1.82, 2.24) is 10.3 Å². The van der Waals surface area contributed by atoms with E-state index in [2.05, 4.69) is 61.4 Å². The minimum Gasteiger partial charge on any atom is -0.360 e. The van der Waals surface area contributed by atoms with Gasteiger partial charge in [-0.25, -0.2) is 0 Å². The molecule has 1 heterocycles. The number of rotatable bonds is 8. The van der Waals surface area contributed by atoms with Crippen molar-refractivity contribution in [3.05, 3.63) is 107 Å². The molecule has 31 heavy (non-hydrogen) atoms. The lowest BCUT2D eigenvalue weighted by atomic mass is 9.94. The molecule has 4 aromatic rings.